The van der Waals surface area contributed by atoms with E-state index in [0.29, 0.717) is 5.92 Å². The van der Waals surface area contributed by atoms with E-state index < -0.39 is 0 Å². The summed E-state index contributed by atoms with van der Waals surface area (Å²) in [4.78, 5) is 13.5. The van der Waals surface area contributed by atoms with Gasteiger partial charge in [-0.05, 0) is 48.2 Å². The molecule has 0 aromatic carbocycles. The number of rotatable bonds is 3. The highest BCUT2D eigenvalue weighted by molar-refractivity contribution is 7.07. The van der Waals surface area contributed by atoms with E-state index in [1.54, 1.807) is 11.3 Å². The fourth-order valence-corrected chi connectivity index (χ4v) is 3.34. The molecule has 2 rings (SSSR count). The number of carbonyl (C=O) groups is 1. The Bertz CT molecular complexity index is 380. The SMILES string of the molecule is COC(=O)NC1CC(Cc2ccsc2)CN(C)C1. The van der Waals surface area contributed by atoms with Gasteiger partial charge in [-0.3, -0.25) is 0 Å². The lowest BCUT2D eigenvalue weighted by Gasteiger charge is -2.35. The molecule has 18 heavy (non-hydrogen) atoms. The third-order valence-electron chi connectivity index (χ3n) is 3.33. The van der Waals surface area contributed by atoms with E-state index in [9.17, 15) is 4.79 Å². The van der Waals surface area contributed by atoms with Crippen LogP contribution < -0.4 is 5.32 Å². The number of alkyl carbamates (subject to hydrolysis) is 1. The van der Waals surface area contributed by atoms with Crippen LogP contribution in [0.1, 0.15) is 12.0 Å². The van der Waals surface area contributed by atoms with E-state index in [4.69, 9.17) is 0 Å². The van der Waals surface area contributed by atoms with E-state index in [1.165, 1.54) is 12.7 Å². The van der Waals surface area contributed by atoms with Gasteiger partial charge in [0.15, 0.2) is 0 Å². The van der Waals surface area contributed by atoms with Crippen molar-refractivity contribution in [2.75, 3.05) is 27.2 Å². The standard InChI is InChI=1S/C13H20N2O2S/c1-15-7-11(5-10-3-4-18-9-10)6-12(8-15)14-13(16)17-2/h3-4,9,11-12H,5-8H2,1-2H3,(H,14,16). The predicted molar refractivity (Wildman–Crippen MR) is 73.0 cm³/mol. The summed E-state index contributed by atoms with van der Waals surface area (Å²) in [6.07, 6.45) is 1.78. The summed E-state index contributed by atoms with van der Waals surface area (Å²) in [6, 6.07) is 2.38. The number of nitrogens with one attached hydrogen (secondary N) is 1. The van der Waals surface area contributed by atoms with Crippen LogP contribution in [0.4, 0.5) is 4.79 Å². The van der Waals surface area contributed by atoms with Crippen molar-refractivity contribution in [2.24, 2.45) is 5.92 Å². The van der Waals surface area contributed by atoms with Crippen molar-refractivity contribution in [3.63, 3.8) is 0 Å². The number of amides is 1. The van der Waals surface area contributed by atoms with Gasteiger partial charge in [0.05, 0.1) is 7.11 Å². The second kappa shape index (κ2) is 6.20. The van der Waals surface area contributed by atoms with E-state index in [0.717, 1.165) is 25.9 Å². The predicted octanol–water partition coefficient (Wildman–Crippen LogP) is 1.97. The van der Waals surface area contributed by atoms with Crippen LogP contribution in [0.3, 0.4) is 0 Å². The smallest absolute Gasteiger partial charge is 0.407 e. The van der Waals surface area contributed by atoms with Gasteiger partial charge in [-0.25, -0.2) is 4.79 Å². The van der Waals surface area contributed by atoms with Gasteiger partial charge in [-0.15, -0.1) is 0 Å². The molecule has 1 aliphatic heterocycles. The number of likely N-dealkylation sites (tertiary alicyclic amines) is 1. The van der Waals surface area contributed by atoms with Gasteiger partial charge in [0, 0.05) is 19.1 Å². The molecule has 1 aliphatic rings. The third kappa shape index (κ3) is 3.71. The third-order valence-corrected chi connectivity index (χ3v) is 4.06. The summed E-state index contributed by atoms with van der Waals surface area (Å²) in [6.45, 7) is 1.99. The van der Waals surface area contributed by atoms with Gasteiger partial charge in [-0.1, -0.05) is 0 Å². The Hall–Kier alpha value is -1.07. The van der Waals surface area contributed by atoms with Crippen LogP contribution in [0.15, 0.2) is 16.8 Å². The monoisotopic (exact) mass is 268 g/mol. The highest BCUT2D eigenvalue weighted by Crippen LogP contribution is 2.21. The minimum atomic E-state index is -0.329. The Balaban J connectivity index is 1.89. The second-order valence-corrected chi connectivity index (χ2v) is 5.77. The average molecular weight is 268 g/mol. The first-order chi connectivity index (χ1) is 8.67. The molecule has 1 amide bonds. The molecular weight excluding hydrogens is 248 g/mol. The molecule has 2 unspecified atom stereocenters. The fraction of sp³-hybridized carbons (Fsp3) is 0.615. The van der Waals surface area contributed by atoms with Crippen LogP contribution in [0, 0.1) is 5.92 Å². The molecule has 0 spiro atoms. The van der Waals surface area contributed by atoms with E-state index in [-0.39, 0.29) is 12.1 Å². The Kier molecular flexibility index (Phi) is 4.60. The largest absolute Gasteiger partial charge is 0.453 e. The summed E-state index contributed by atoms with van der Waals surface area (Å²) < 4.78 is 4.66. The second-order valence-electron chi connectivity index (χ2n) is 4.99. The summed E-state index contributed by atoms with van der Waals surface area (Å²) >= 11 is 1.74. The number of hydrogen-bond acceptors (Lipinski definition) is 4. The molecule has 5 heteroatoms. The van der Waals surface area contributed by atoms with Crippen molar-refractivity contribution in [1.29, 1.82) is 0 Å². The molecule has 1 fully saturated rings. The van der Waals surface area contributed by atoms with E-state index in [2.05, 4.69) is 38.8 Å². The molecule has 4 nitrogen and oxygen atoms in total. The first-order valence-corrected chi connectivity index (χ1v) is 7.15. The Morgan fingerprint density at radius 2 is 2.44 bits per heavy atom. The topological polar surface area (TPSA) is 41.6 Å². The van der Waals surface area contributed by atoms with Crippen LogP contribution in [0.2, 0.25) is 0 Å². The number of thiophene rings is 1. The van der Waals surface area contributed by atoms with E-state index in [1.807, 2.05) is 0 Å². The number of ether oxygens (including phenoxy) is 1. The van der Waals surface area contributed by atoms with Crippen molar-refractivity contribution in [1.82, 2.24) is 10.2 Å². The maximum atomic E-state index is 11.3. The summed E-state index contributed by atoms with van der Waals surface area (Å²) in [5.41, 5.74) is 1.40. The average Bonchev–Trinajstić information content (AvgIpc) is 2.80. The summed E-state index contributed by atoms with van der Waals surface area (Å²) in [5, 5.41) is 7.23. The van der Waals surface area contributed by atoms with Gasteiger partial charge in [-0.2, -0.15) is 11.3 Å². The van der Waals surface area contributed by atoms with Crippen molar-refractivity contribution >= 4 is 17.4 Å². The zero-order valence-electron chi connectivity index (χ0n) is 10.9. The number of methoxy groups -OCH3 is 1. The highest BCUT2D eigenvalue weighted by Gasteiger charge is 2.26. The fourth-order valence-electron chi connectivity index (χ4n) is 2.66. The van der Waals surface area contributed by atoms with Crippen molar-refractivity contribution < 1.29 is 9.53 Å². The maximum Gasteiger partial charge on any atom is 0.407 e. The van der Waals surface area contributed by atoms with Crippen LogP contribution in [0.5, 0.6) is 0 Å². The molecule has 2 atom stereocenters. The van der Waals surface area contributed by atoms with Crippen molar-refractivity contribution in [3.8, 4) is 0 Å². The zero-order chi connectivity index (χ0) is 13.0. The van der Waals surface area contributed by atoms with Crippen LogP contribution in [-0.4, -0.2) is 44.3 Å². The molecule has 0 bridgehead atoms. The van der Waals surface area contributed by atoms with Gasteiger partial charge in [0.2, 0.25) is 0 Å². The Labute approximate surface area is 112 Å². The van der Waals surface area contributed by atoms with Crippen molar-refractivity contribution in [2.45, 2.75) is 18.9 Å². The number of nitrogens with zero attached hydrogens (tertiary/aromatic N) is 1. The molecular formula is C13H20N2O2S. The lowest BCUT2D eigenvalue weighted by atomic mass is 9.90. The first kappa shape index (κ1) is 13.4. The Morgan fingerprint density at radius 1 is 1.61 bits per heavy atom. The van der Waals surface area contributed by atoms with Crippen LogP contribution in [0.25, 0.3) is 0 Å². The summed E-state index contributed by atoms with van der Waals surface area (Å²) in [5.74, 6) is 0.598. The minimum absolute atomic E-state index is 0.194. The quantitative estimate of drug-likeness (QED) is 0.911. The lowest BCUT2D eigenvalue weighted by Crippen LogP contribution is -2.49. The van der Waals surface area contributed by atoms with E-state index >= 15 is 0 Å². The van der Waals surface area contributed by atoms with Gasteiger partial charge < -0.3 is 15.0 Å². The molecule has 1 saturated heterocycles. The Morgan fingerprint density at radius 3 is 3.11 bits per heavy atom. The molecule has 0 aliphatic carbocycles. The molecule has 1 aromatic heterocycles. The number of likely N-dealkylation sites (N-methyl/N-ethyl adjacent to an activating group) is 1. The van der Waals surface area contributed by atoms with Crippen LogP contribution >= 0.6 is 11.3 Å². The summed E-state index contributed by atoms with van der Waals surface area (Å²) in [7, 11) is 3.51. The van der Waals surface area contributed by atoms with Gasteiger partial charge in [0.1, 0.15) is 0 Å². The molecule has 0 saturated carbocycles. The molecule has 1 N–H and O–H groups in total. The number of hydrogen-bond donors (Lipinski definition) is 1. The number of piperidine rings is 1. The van der Waals surface area contributed by atoms with Gasteiger partial charge >= 0.3 is 6.09 Å². The zero-order valence-corrected chi connectivity index (χ0v) is 11.7. The first-order valence-electron chi connectivity index (χ1n) is 6.21. The minimum Gasteiger partial charge on any atom is -0.453 e. The molecule has 100 valence electrons. The maximum absolute atomic E-state index is 11.3. The number of carbonyl (C=O) groups excluding carboxylic acids is 1. The van der Waals surface area contributed by atoms with Gasteiger partial charge in [0.25, 0.3) is 0 Å². The molecule has 1 aromatic rings. The lowest BCUT2D eigenvalue weighted by molar-refractivity contribution is 0.139. The molecule has 0 radical (unpaired) electrons. The normalized spacial score (nSPS) is 24.8. The van der Waals surface area contributed by atoms with Crippen molar-refractivity contribution in [3.05, 3.63) is 22.4 Å². The highest BCUT2D eigenvalue weighted by atomic mass is 32.1. The molecule has 2 heterocycles. The van der Waals surface area contributed by atoms with Crippen LogP contribution in [-0.2, 0) is 11.2 Å².